The lowest BCUT2D eigenvalue weighted by Crippen LogP contribution is -2.37. The van der Waals surface area contributed by atoms with Gasteiger partial charge >= 0.3 is 6.18 Å². The Kier molecular flexibility index (Phi) is 6.24. The third kappa shape index (κ3) is 4.82. The van der Waals surface area contributed by atoms with E-state index in [9.17, 15) is 22.8 Å². The van der Waals surface area contributed by atoms with E-state index >= 15 is 0 Å². The largest absolute Gasteiger partial charge is 0.416 e. The summed E-state index contributed by atoms with van der Waals surface area (Å²) in [6.07, 6.45) is 2.44. The average Bonchev–Trinajstić information content (AvgIpc) is 3.29. The van der Waals surface area contributed by atoms with Gasteiger partial charge in [0.25, 0.3) is 5.91 Å². The molecule has 3 N–H and O–H groups in total. The summed E-state index contributed by atoms with van der Waals surface area (Å²) in [4.78, 5) is 38.9. The summed E-state index contributed by atoms with van der Waals surface area (Å²) in [5.74, 6) is 0.0272. The van der Waals surface area contributed by atoms with Crippen molar-refractivity contribution in [2.24, 2.45) is 5.92 Å². The molecule has 12 heteroatoms. The highest BCUT2D eigenvalue weighted by Crippen LogP contribution is 2.33. The van der Waals surface area contributed by atoms with Crippen molar-refractivity contribution >= 4 is 35.3 Å². The molecule has 4 heterocycles. The Morgan fingerprint density at radius 1 is 1.14 bits per heavy atom. The lowest BCUT2D eigenvalue weighted by molar-refractivity contribution is -0.137. The summed E-state index contributed by atoms with van der Waals surface area (Å²) in [5, 5.41) is 2.39. The standard InChI is InChI=1S/C25H22F3N7O2/c26-25(27,28)18-7-8-30-19(12-18)32-23(37)17-5-3-16(4-6-17)20-21-22(29)31-9-11-35(21)24(33-20)34-10-1-2-15(13-34)14-36/h3-9,11-12,14-15H,1-2,10,13H2,(H2,29,31)(H,30,32,37). The molecule has 1 amide bonds. The van der Waals surface area contributed by atoms with E-state index in [1.54, 1.807) is 36.7 Å². The van der Waals surface area contributed by atoms with Crippen molar-refractivity contribution in [3.05, 3.63) is 66.1 Å². The van der Waals surface area contributed by atoms with Gasteiger partial charge in [0.05, 0.1) is 5.56 Å². The normalized spacial score (nSPS) is 16.1. The molecule has 1 aromatic carbocycles. The topological polar surface area (TPSA) is 119 Å². The molecule has 1 atom stereocenters. The van der Waals surface area contributed by atoms with Crippen LogP contribution in [0.1, 0.15) is 28.8 Å². The number of alkyl halides is 3. The van der Waals surface area contributed by atoms with Crippen LogP contribution < -0.4 is 16.0 Å². The number of aromatic nitrogens is 4. The van der Waals surface area contributed by atoms with Crippen LogP contribution in [0.4, 0.5) is 30.8 Å². The lowest BCUT2D eigenvalue weighted by atomic mass is 10.0. The van der Waals surface area contributed by atoms with Gasteiger partial charge in [-0.3, -0.25) is 9.20 Å². The van der Waals surface area contributed by atoms with E-state index in [0.717, 1.165) is 44.0 Å². The number of rotatable bonds is 5. The molecular formula is C25H22F3N7O2. The van der Waals surface area contributed by atoms with E-state index in [0.29, 0.717) is 29.3 Å². The Labute approximate surface area is 209 Å². The first-order valence-corrected chi connectivity index (χ1v) is 11.5. The Hall–Kier alpha value is -4.48. The number of pyridine rings is 1. The van der Waals surface area contributed by atoms with Crippen LogP contribution >= 0.6 is 0 Å². The van der Waals surface area contributed by atoms with Crippen molar-refractivity contribution in [1.29, 1.82) is 0 Å². The number of hydrogen-bond acceptors (Lipinski definition) is 7. The van der Waals surface area contributed by atoms with Crippen LogP contribution in [0.3, 0.4) is 0 Å². The van der Waals surface area contributed by atoms with Gasteiger partial charge < -0.3 is 20.7 Å². The Morgan fingerprint density at radius 3 is 2.65 bits per heavy atom. The fraction of sp³-hybridized carbons (Fsp3) is 0.240. The lowest BCUT2D eigenvalue weighted by Gasteiger charge is -2.30. The van der Waals surface area contributed by atoms with Crippen LogP contribution in [-0.4, -0.2) is 44.6 Å². The van der Waals surface area contributed by atoms with Crippen LogP contribution in [0.15, 0.2) is 55.0 Å². The third-order valence-electron chi connectivity index (χ3n) is 6.25. The summed E-state index contributed by atoms with van der Waals surface area (Å²) in [6, 6.07) is 8.04. The van der Waals surface area contributed by atoms with Gasteiger partial charge in [-0.1, -0.05) is 12.1 Å². The summed E-state index contributed by atoms with van der Waals surface area (Å²) < 4.78 is 40.7. The van der Waals surface area contributed by atoms with Gasteiger partial charge in [-0.15, -0.1) is 0 Å². The molecule has 9 nitrogen and oxygen atoms in total. The second kappa shape index (κ2) is 9.52. The summed E-state index contributed by atoms with van der Waals surface area (Å²) >= 11 is 0. The molecule has 1 fully saturated rings. The molecule has 0 aliphatic carbocycles. The fourth-order valence-corrected chi connectivity index (χ4v) is 4.42. The summed E-state index contributed by atoms with van der Waals surface area (Å²) in [5.41, 5.74) is 7.33. The van der Waals surface area contributed by atoms with E-state index in [2.05, 4.69) is 15.3 Å². The monoisotopic (exact) mass is 509 g/mol. The number of imidazole rings is 1. The molecule has 1 saturated heterocycles. The predicted octanol–water partition coefficient (Wildman–Crippen LogP) is 4.06. The van der Waals surface area contributed by atoms with Gasteiger partial charge in [-0.2, -0.15) is 13.2 Å². The molecule has 0 radical (unpaired) electrons. The van der Waals surface area contributed by atoms with E-state index < -0.39 is 17.6 Å². The average molecular weight is 509 g/mol. The van der Waals surface area contributed by atoms with Crippen molar-refractivity contribution in [2.75, 3.05) is 29.0 Å². The number of benzene rings is 1. The molecule has 0 saturated carbocycles. The Balaban J connectivity index is 1.43. The number of nitrogen functional groups attached to an aromatic ring is 1. The maximum Gasteiger partial charge on any atom is 0.416 e. The number of hydrogen-bond donors (Lipinski definition) is 2. The molecule has 4 aromatic rings. The molecule has 5 rings (SSSR count). The van der Waals surface area contributed by atoms with Gasteiger partial charge in [-0.25, -0.2) is 15.0 Å². The van der Waals surface area contributed by atoms with E-state index in [1.165, 1.54) is 0 Å². The van der Waals surface area contributed by atoms with Crippen molar-refractivity contribution in [1.82, 2.24) is 19.4 Å². The number of piperidine rings is 1. The second-order valence-electron chi connectivity index (χ2n) is 8.73. The van der Waals surface area contributed by atoms with Crippen LogP contribution in [-0.2, 0) is 11.0 Å². The molecule has 0 spiro atoms. The van der Waals surface area contributed by atoms with Crippen molar-refractivity contribution in [3.63, 3.8) is 0 Å². The van der Waals surface area contributed by atoms with Crippen LogP contribution in [0.2, 0.25) is 0 Å². The van der Waals surface area contributed by atoms with E-state index in [-0.39, 0.29) is 23.1 Å². The SMILES string of the molecule is Nc1nccn2c(N3CCCC(C=O)C3)nc(-c3ccc(C(=O)Nc4cc(C(F)(F)F)ccn4)cc3)c12. The molecule has 37 heavy (non-hydrogen) atoms. The Morgan fingerprint density at radius 2 is 1.92 bits per heavy atom. The molecule has 3 aromatic heterocycles. The van der Waals surface area contributed by atoms with Gasteiger partial charge in [-0.05, 0) is 37.1 Å². The van der Waals surface area contributed by atoms with Crippen LogP contribution in [0, 0.1) is 5.92 Å². The minimum Gasteiger partial charge on any atom is -0.382 e. The fourth-order valence-electron chi connectivity index (χ4n) is 4.42. The van der Waals surface area contributed by atoms with Crippen LogP contribution in [0.25, 0.3) is 16.8 Å². The summed E-state index contributed by atoms with van der Waals surface area (Å²) in [7, 11) is 0. The van der Waals surface area contributed by atoms with E-state index in [4.69, 9.17) is 10.7 Å². The zero-order valence-electron chi connectivity index (χ0n) is 19.4. The maximum atomic E-state index is 13.0. The van der Waals surface area contributed by atoms with Gasteiger partial charge in [0, 0.05) is 48.7 Å². The van der Waals surface area contributed by atoms with Gasteiger partial charge in [0.15, 0.2) is 0 Å². The molecule has 1 aliphatic heterocycles. The summed E-state index contributed by atoms with van der Waals surface area (Å²) in [6.45, 7) is 1.29. The van der Waals surface area contributed by atoms with Crippen LogP contribution in [0.5, 0.6) is 0 Å². The number of nitrogens with zero attached hydrogens (tertiary/aromatic N) is 5. The minimum atomic E-state index is -4.55. The first-order valence-electron chi connectivity index (χ1n) is 11.5. The van der Waals surface area contributed by atoms with E-state index in [1.807, 2.05) is 9.30 Å². The van der Waals surface area contributed by atoms with Gasteiger partial charge in [0.1, 0.15) is 29.1 Å². The highest BCUT2D eigenvalue weighted by molar-refractivity contribution is 6.04. The molecule has 1 unspecified atom stereocenters. The zero-order chi connectivity index (χ0) is 26.2. The number of fused-ring (bicyclic) bond motifs is 1. The van der Waals surface area contributed by atoms with Crippen molar-refractivity contribution in [2.45, 2.75) is 19.0 Å². The van der Waals surface area contributed by atoms with Crippen molar-refractivity contribution < 1.29 is 22.8 Å². The number of carbonyl (C=O) groups excluding carboxylic acids is 2. The Bertz CT molecular complexity index is 1470. The first kappa shape index (κ1) is 24.2. The second-order valence-corrected chi connectivity index (χ2v) is 8.73. The number of carbonyl (C=O) groups is 2. The quantitative estimate of drug-likeness (QED) is 0.390. The number of amides is 1. The number of nitrogens with two attached hydrogens (primary N) is 1. The predicted molar refractivity (Wildman–Crippen MR) is 131 cm³/mol. The van der Waals surface area contributed by atoms with Gasteiger partial charge in [0.2, 0.25) is 5.95 Å². The number of anilines is 3. The molecular weight excluding hydrogens is 487 g/mol. The smallest absolute Gasteiger partial charge is 0.382 e. The highest BCUT2D eigenvalue weighted by atomic mass is 19.4. The highest BCUT2D eigenvalue weighted by Gasteiger charge is 2.31. The molecule has 0 bridgehead atoms. The molecule has 1 aliphatic rings. The molecule has 190 valence electrons. The zero-order valence-corrected chi connectivity index (χ0v) is 19.4. The number of aldehydes is 1. The number of nitrogens with one attached hydrogen (secondary N) is 1. The number of halogens is 3. The third-order valence-corrected chi connectivity index (χ3v) is 6.25. The first-order chi connectivity index (χ1) is 17.7. The minimum absolute atomic E-state index is 0.0761. The van der Waals surface area contributed by atoms with Crippen molar-refractivity contribution in [3.8, 4) is 11.3 Å². The maximum absolute atomic E-state index is 13.0.